The highest BCUT2D eigenvalue weighted by Crippen LogP contribution is 2.24. The first-order chi connectivity index (χ1) is 14.2. The van der Waals surface area contributed by atoms with Crippen molar-refractivity contribution < 1.29 is 22.7 Å². The van der Waals surface area contributed by atoms with Crippen molar-refractivity contribution >= 4 is 30.1 Å². The van der Waals surface area contributed by atoms with Crippen molar-refractivity contribution in [2.24, 2.45) is 0 Å². The highest BCUT2D eigenvalue weighted by molar-refractivity contribution is 5.94. The summed E-state index contributed by atoms with van der Waals surface area (Å²) in [5.41, 5.74) is 1.15. The van der Waals surface area contributed by atoms with E-state index in [0.717, 1.165) is 49.3 Å². The van der Waals surface area contributed by atoms with Crippen molar-refractivity contribution in [1.82, 2.24) is 15.3 Å². The third kappa shape index (κ3) is 7.46. The van der Waals surface area contributed by atoms with Crippen molar-refractivity contribution in [3.63, 3.8) is 0 Å². The fraction of sp³-hybridized carbons (Fsp3) is 0.450. The van der Waals surface area contributed by atoms with Gasteiger partial charge in [-0.05, 0) is 56.9 Å². The largest absolute Gasteiger partial charge is 0.573 e. The molecule has 1 saturated carbocycles. The van der Waals surface area contributed by atoms with Gasteiger partial charge in [0.05, 0.1) is 0 Å². The van der Waals surface area contributed by atoms with E-state index in [-0.39, 0.29) is 41.7 Å². The Balaban J connectivity index is 0.00000341. The summed E-state index contributed by atoms with van der Waals surface area (Å²) in [5.74, 6) is 0.654. The number of hydrogen-bond acceptors (Lipinski definition) is 6. The van der Waals surface area contributed by atoms with E-state index in [2.05, 4.69) is 30.7 Å². The number of ether oxygens (including phenoxy) is 1. The van der Waals surface area contributed by atoms with Gasteiger partial charge in [0.2, 0.25) is 5.95 Å². The average Bonchev–Trinajstić information content (AvgIpc) is 2.68. The van der Waals surface area contributed by atoms with Gasteiger partial charge in [0.15, 0.2) is 0 Å². The molecule has 0 aliphatic heterocycles. The molecule has 3 N–H and O–H groups in total. The van der Waals surface area contributed by atoms with Crippen LogP contribution in [-0.2, 0) is 0 Å². The minimum atomic E-state index is -4.76. The molecule has 0 atom stereocenters. The first-order valence-electron chi connectivity index (χ1n) is 9.68. The number of nitrogens with one attached hydrogen (secondary N) is 3. The molecule has 1 amide bonds. The van der Waals surface area contributed by atoms with Gasteiger partial charge in [-0.15, -0.1) is 25.6 Å². The van der Waals surface area contributed by atoms with Crippen LogP contribution in [0.1, 0.15) is 41.7 Å². The van der Waals surface area contributed by atoms with Gasteiger partial charge in [0.25, 0.3) is 5.91 Å². The predicted molar refractivity (Wildman–Crippen MR) is 114 cm³/mol. The van der Waals surface area contributed by atoms with E-state index in [1.807, 2.05) is 13.0 Å². The van der Waals surface area contributed by atoms with Crippen LogP contribution in [0.3, 0.4) is 0 Å². The third-order valence-corrected chi connectivity index (χ3v) is 4.86. The van der Waals surface area contributed by atoms with E-state index >= 15 is 0 Å². The number of hydrogen-bond donors (Lipinski definition) is 3. The second-order valence-electron chi connectivity index (χ2n) is 7.21. The Bertz CT molecular complexity index is 872. The highest BCUT2D eigenvalue weighted by atomic mass is 35.5. The van der Waals surface area contributed by atoms with E-state index < -0.39 is 6.36 Å². The van der Waals surface area contributed by atoms with Gasteiger partial charge < -0.3 is 20.7 Å². The lowest BCUT2D eigenvalue weighted by atomic mass is 9.91. The lowest BCUT2D eigenvalue weighted by Gasteiger charge is -2.29. The van der Waals surface area contributed by atoms with Crippen molar-refractivity contribution in [2.75, 3.05) is 17.7 Å². The van der Waals surface area contributed by atoms with Crippen LogP contribution in [0.4, 0.5) is 24.9 Å². The van der Waals surface area contributed by atoms with Gasteiger partial charge in [-0.25, -0.2) is 4.98 Å². The molecule has 3 rings (SSSR count). The minimum absolute atomic E-state index is 0. The molecule has 1 aliphatic carbocycles. The van der Waals surface area contributed by atoms with Gasteiger partial charge in [-0.1, -0.05) is 0 Å². The van der Waals surface area contributed by atoms with Crippen LogP contribution >= 0.6 is 12.4 Å². The summed E-state index contributed by atoms with van der Waals surface area (Å²) >= 11 is 0. The molecular formula is C20H25ClF3N5O2. The fourth-order valence-electron chi connectivity index (χ4n) is 3.40. The van der Waals surface area contributed by atoms with E-state index in [0.29, 0.717) is 5.95 Å². The van der Waals surface area contributed by atoms with E-state index in [4.69, 9.17) is 0 Å². The molecule has 0 radical (unpaired) electrons. The molecule has 31 heavy (non-hydrogen) atoms. The molecule has 1 aromatic carbocycles. The van der Waals surface area contributed by atoms with Gasteiger partial charge in [0, 0.05) is 36.5 Å². The lowest BCUT2D eigenvalue weighted by Crippen LogP contribution is -2.40. The highest BCUT2D eigenvalue weighted by Gasteiger charge is 2.31. The molecule has 1 aliphatic rings. The Kier molecular flexibility index (Phi) is 8.32. The molecule has 11 heteroatoms. The van der Waals surface area contributed by atoms with E-state index in [1.54, 1.807) is 7.05 Å². The number of aryl methyl sites for hydroxylation is 1. The summed E-state index contributed by atoms with van der Waals surface area (Å²) in [6.07, 6.45) is -1.51. The normalized spacial score (nSPS) is 18.5. The molecule has 0 bridgehead atoms. The zero-order valence-electron chi connectivity index (χ0n) is 17.1. The molecule has 1 fully saturated rings. The van der Waals surface area contributed by atoms with Crippen molar-refractivity contribution in [3.8, 4) is 5.75 Å². The number of carbonyl (C=O) groups is 1. The van der Waals surface area contributed by atoms with Crippen molar-refractivity contribution in [2.45, 2.75) is 51.1 Å². The molecule has 0 saturated heterocycles. The summed E-state index contributed by atoms with van der Waals surface area (Å²) < 4.78 is 40.5. The molecule has 1 aromatic heterocycles. The van der Waals surface area contributed by atoms with Gasteiger partial charge >= 0.3 is 6.36 Å². The Morgan fingerprint density at radius 3 is 2.26 bits per heavy atom. The first kappa shape index (κ1) is 24.5. The summed E-state index contributed by atoms with van der Waals surface area (Å²) in [7, 11) is 1.80. The molecule has 0 unspecified atom stereocenters. The second-order valence-corrected chi connectivity index (χ2v) is 7.21. The van der Waals surface area contributed by atoms with Crippen molar-refractivity contribution in [1.29, 1.82) is 0 Å². The number of amides is 1. The molecule has 1 heterocycles. The molecular weight excluding hydrogens is 435 g/mol. The van der Waals surface area contributed by atoms with E-state index in [9.17, 15) is 18.0 Å². The van der Waals surface area contributed by atoms with Crippen LogP contribution < -0.4 is 20.7 Å². The molecule has 7 nitrogen and oxygen atoms in total. The number of nitrogens with zero attached hydrogens (tertiary/aromatic N) is 2. The predicted octanol–water partition coefficient (Wildman–Crippen LogP) is 4.30. The maximum atomic E-state index is 12.4. The maximum absolute atomic E-state index is 12.4. The number of carbonyl (C=O) groups excluding carboxylic acids is 1. The topological polar surface area (TPSA) is 88.2 Å². The number of benzene rings is 1. The number of anilines is 2. The Hall–Kier alpha value is -2.75. The van der Waals surface area contributed by atoms with Crippen LogP contribution in [0.15, 0.2) is 30.3 Å². The molecule has 0 spiro atoms. The minimum Gasteiger partial charge on any atom is -0.406 e. The number of halogens is 4. The Morgan fingerprint density at radius 2 is 1.68 bits per heavy atom. The SMILES string of the molecule is CNc1cc(C)nc(N[C@H]2CC[C@@H](NC(=O)c3ccc(OC(F)(F)F)cc3)CC2)n1.Cl. The van der Waals surface area contributed by atoms with Crippen LogP contribution in [0, 0.1) is 6.92 Å². The number of rotatable bonds is 6. The maximum Gasteiger partial charge on any atom is 0.573 e. The Labute approximate surface area is 184 Å². The first-order valence-corrected chi connectivity index (χ1v) is 9.68. The zero-order valence-corrected chi connectivity index (χ0v) is 17.9. The second kappa shape index (κ2) is 10.5. The monoisotopic (exact) mass is 459 g/mol. The van der Waals surface area contributed by atoms with Crippen LogP contribution in [-0.4, -0.2) is 41.4 Å². The summed E-state index contributed by atoms with van der Waals surface area (Å²) in [6, 6.07) is 6.97. The van der Waals surface area contributed by atoms with E-state index in [1.165, 1.54) is 12.1 Å². The summed E-state index contributed by atoms with van der Waals surface area (Å²) in [6.45, 7) is 1.90. The standard InChI is InChI=1S/C20H24F3N5O2.ClH/c1-12-11-17(24-2)28-19(25-12)27-15-7-5-14(6-8-15)26-18(29)13-3-9-16(10-4-13)30-20(21,22)23;/h3-4,9-11,14-15H,5-8H2,1-2H3,(H,26,29)(H2,24,25,27,28);1H/t14-,15+;. The fourth-order valence-corrected chi connectivity index (χ4v) is 3.40. The van der Waals surface area contributed by atoms with Gasteiger partial charge in [-0.2, -0.15) is 4.98 Å². The lowest BCUT2D eigenvalue weighted by molar-refractivity contribution is -0.274. The van der Waals surface area contributed by atoms with Crippen LogP contribution in [0.5, 0.6) is 5.75 Å². The zero-order chi connectivity index (χ0) is 21.7. The summed E-state index contributed by atoms with van der Waals surface area (Å²) in [4.78, 5) is 21.2. The Morgan fingerprint density at radius 1 is 1.06 bits per heavy atom. The van der Waals surface area contributed by atoms with Crippen LogP contribution in [0.25, 0.3) is 0 Å². The quantitative estimate of drug-likeness (QED) is 0.597. The summed E-state index contributed by atoms with van der Waals surface area (Å²) in [5, 5.41) is 9.29. The van der Waals surface area contributed by atoms with Gasteiger partial charge in [0.1, 0.15) is 11.6 Å². The van der Waals surface area contributed by atoms with Crippen LogP contribution in [0.2, 0.25) is 0 Å². The smallest absolute Gasteiger partial charge is 0.406 e. The average molecular weight is 460 g/mol. The van der Waals surface area contributed by atoms with Crippen molar-refractivity contribution in [3.05, 3.63) is 41.6 Å². The number of alkyl halides is 3. The molecule has 170 valence electrons. The number of aromatic nitrogens is 2. The molecule has 2 aromatic rings. The van der Waals surface area contributed by atoms with Gasteiger partial charge in [-0.3, -0.25) is 4.79 Å². The third-order valence-electron chi connectivity index (χ3n) is 4.86.